The van der Waals surface area contributed by atoms with Crippen molar-refractivity contribution < 1.29 is 18.7 Å². The van der Waals surface area contributed by atoms with Gasteiger partial charge in [0.1, 0.15) is 17.4 Å². The Hall–Kier alpha value is -3.40. The highest BCUT2D eigenvalue weighted by atomic mass is 32.2. The van der Waals surface area contributed by atoms with Crippen LogP contribution in [0.5, 0.6) is 5.75 Å². The average molecular weight is 444 g/mol. The van der Waals surface area contributed by atoms with Gasteiger partial charge in [0.05, 0.1) is 19.3 Å². The maximum atomic E-state index is 13.0. The third kappa shape index (κ3) is 6.29. The SMILES string of the molecule is CCn1c(CC(=O)Nc2ccc(F)cc2)nnc1SCC(=O)Nc1cccc(OC)c1. The molecule has 0 aliphatic heterocycles. The average Bonchev–Trinajstić information content (AvgIpc) is 3.15. The zero-order chi connectivity index (χ0) is 22.2. The molecule has 31 heavy (non-hydrogen) atoms. The third-order valence-corrected chi connectivity index (χ3v) is 5.21. The summed E-state index contributed by atoms with van der Waals surface area (Å²) in [5.41, 5.74) is 1.14. The first kappa shape index (κ1) is 22.3. The molecule has 0 aliphatic carbocycles. The van der Waals surface area contributed by atoms with Crippen molar-refractivity contribution in [2.24, 2.45) is 0 Å². The number of ether oxygens (including phenoxy) is 1. The fourth-order valence-electron chi connectivity index (χ4n) is 2.78. The largest absolute Gasteiger partial charge is 0.497 e. The first-order valence-corrected chi connectivity index (χ1v) is 10.5. The van der Waals surface area contributed by atoms with E-state index in [2.05, 4.69) is 20.8 Å². The number of hydrogen-bond acceptors (Lipinski definition) is 6. The number of rotatable bonds is 9. The zero-order valence-electron chi connectivity index (χ0n) is 17.1. The highest BCUT2D eigenvalue weighted by Gasteiger charge is 2.16. The predicted octanol–water partition coefficient (Wildman–Crippen LogP) is 3.36. The summed E-state index contributed by atoms with van der Waals surface area (Å²) in [4.78, 5) is 24.6. The number of benzene rings is 2. The summed E-state index contributed by atoms with van der Waals surface area (Å²) >= 11 is 1.24. The molecule has 0 atom stereocenters. The molecule has 0 saturated heterocycles. The van der Waals surface area contributed by atoms with Crippen molar-refractivity contribution in [1.82, 2.24) is 14.8 Å². The van der Waals surface area contributed by atoms with Gasteiger partial charge in [0.15, 0.2) is 5.16 Å². The number of carbonyl (C=O) groups is 2. The van der Waals surface area contributed by atoms with E-state index in [0.717, 1.165) is 0 Å². The molecule has 0 aliphatic rings. The number of methoxy groups -OCH3 is 1. The van der Waals surface area contributed by atoms with Crippen molar-refractivity contribution in [3.63, 3.8) is 0 Å². The van der Waals surface area contributed by atoms with Gasteiger partial charge in [-0.15, -0.1) is 10.2 Å². The lowest BCUT2D eigenvalue weighted by molar-refractivity contribution is -0.116. The van der Waals surface area contributed by atoms with Crippen molar-refractivity contribution in [2.45, 2.75) is 25.0 Å². The molecule has 3 aromatic rings. The molecule has 10 heteroatoms. The summed E-state index contributed by atoms with van der Waals surface area (Å²) in [6, 6.07) is 12.6. The van der Waals surface area contributed by atoms with E-state index in [0.29, 0.717) is 34.6 Å². The number of nitrogens with zero attached hydrogens (tertiary/aromatic N) is 3. The molecule has 0 radical (unpaired) electrons. The van der Waals surface area contributed by atoms with Gasteiger partial charge >= 0.3 is 0 Å². The van der Waals surface area contributed by atoms with E-state index in [-0.39, 0.29) is 29.8 Å². The first-order valence-electron chi connectivity index (χ1n) is 9.52. The fourth-order valence-corrected chi connectivity index (χ4v) is 3.61. The number of halogens is 1. The molecule has 8 nitrogen and oxygen atoms in total. The molecule has 1 heterocycles. The fraction of sp³-hybridized carbons (Fsp3) is 0.238. The Labute approximate surface area is 183 Å². The van der Waals surface area contributed by atoms with Crippen molar-refractivity contribution in [3.8, 4) is 5.75 Å². The van der Waals surface area contributed by atoms with Crippen molar-refractivity contribution >= 4 is 35.0 Å². The van der Waals surface area contributed by atoms with Crippen LogP contribution in [0.4, 0.5) is 15.8 Å². The molecule has 0 saturated carbocycles. The number of thioether (sulfide) groups is 1. The van der Waals surface area contributed by atoms with Crippen molar-refractivity contribution in [1.29, 1.82) is 0 Å². The molecule has 162 valence electrons. The Morgan fingerprint density at radius 2 is 1.81 bits per heavy atom. The van der Waals surface area contributed by atoms with E-state index < -0.39 is 0 Å². The summed E-state index contributed by atoms with van der Waals surface area (Å²) in [6.07, 6.45) is 0.00871. The molecule has 0 spiro atoms. The summed E-state index contributed by atoms with van der Waals surface area (Å²) in [5, 5.41) is 14.3. The van der Waals surface area contributed by atoms with E-state index in [1.165, 1.54) is 36.0 Å². The van der Waals surface area contributed by atoms with E-state index in [1.807, 2.05) is 6.92 Å². The molecule has 1 aromatic heterocycles. The van der Waals surface area contributed by atoms with Gasteiger partial charge in [0.25, 0.3) is 0 Å². The van der Waals surface area contributed by atoms with Gasteiger partial charge in [-0.1, -0.05) is 17.8 Å². The van der Waals surface area contributed by atoms with Crippen LogP contribution in [0.3, 0.4) is 0 Å². The topological polar surface area (TPSA) is 98.1 Å². The summed E-state index contributed by atoms with van der Waals surface area (Å²) in [7, 11) is 1.56. The van der Waals surface area contributed by atoms with Crippen LogP contribution in [-0.4, -0.2) is 39.4 Å². The number of amides is 2. The van der Waals surface area contributed by atoms with E-state index in [1.54, 1.807) is 35.9 Å². The molecular formula is C21H22FN5O3S. The van der Waals surface area contributed by atoms with Crippen LogP contribution in [0.2, 0.25) is 0 Å². The quantitative estimate of drug-likeness (QED) is 0.492. The Morgan fingerprint density at radius 1 is 1.06 bits per heavy atom. The summed E-state index contributed by atoms with van der Waals surface area (Å²) in [6.45, 7) is 2.46. The zero-order valence-corrected chi connectivity index (χ0v) is 17.9. The minimum absolute atomic E-state index is 0.00871. The first-order chi connectivity index (χ1) is 15.0. The third-order valence-electron chi connectivity index (χ3n) is 4.24. The van der Waals surface area contributed by atoms with Crippen LogP contribution < -0.4 is 15.4 Å². The highest BCUT2D eigenvalue weighted by Crippen LogP contribution is 2.20. The molecule has 0 fully saturated rings. The van der Waals surface area contributed by atoms with Crippen LogP contribution in [0.1, 0.15) is 12.7 Å². The van der Waals surface area contributed by atoms with Gasteiger partial charge in [0.2, 0.25) is 11.8 Å². The van der Waals surface area contributed by atoms with Gasteiger partial charge in [-0.3, -0.25) is 9.59 Å². The molecule has 2 N–H and O–H groups in total. The second-order valence-electron chi connectivity index (χ2n) is 6.44. The molecule has 2 aromatic carbocycles. The molecule has 0 unspecified atom stereocenters. The van der Waals surface area contributed by atoms with Gasteiger partial charge in [0, 0.05) is 24.0 Å². The van der Waals surface area contributed by atoms with Crippen LogP contribution in [0.25, 0.3) is 0 Å². The number of aromatic nitrogens is 3. The molecule has 3 rings (SSSR count). The van der Waals surface area contributed by atoms with Gasteiger partial charge in [-0.25, -0.2) is 4.39 Å². The van der Waals surface area contributed by atoms with E-state index >= 15 is 0 Å². The van der Waals surface area contributed by atoms with Crippen LogP contribution in [0, 0.1) is 5.82 Å². The lowest BCUT2D eigenvalue weighted by Crippen LogP contribution is -2.18. The number of nitrogens with one attached hydrogen (secondary N) is 2. The van der Waals surface area contributed by atoms with Crippen LogP contribution in [0.15, 0.2) is 53.7 Å². The molecule has 0 bridgehead atoms. The lowest BCUT2D eigenvalue weighted by Gasteiger charge is -2.09. The summed E-state index contributed by atoms with van der Waals surface area (Å²) in [5.74, 6) is 0.413. The van der Waals surface area contributed by atoms with E-state index in [4.69, 9.17) is 4.74 Å². The minimum Gasteiger partial charge on any atom is -0.497 e. The van der Waals surface area contributed by atoms with Crippen LogP contribution >= 0.6 is 11.8 Å². The second-order valence-corrected chi connectivity index (χ2v) is 7.39. The van der Waals surface area contributed by atoms with Crippen LogP contribution in [-0.2, 0) is 22.6 Å². The number of anilines is 2. The van der Waals surface area contributed by atoms with Gasteiger partial charge < -0.3 is 19.9 Å². The monoisotopic (exact) mass is 443 g/mol. The summed E-state index contributed by atoms with van der Waals surface area (Å²) < 4.78 is 19.9. The standard InChI is InChI=1S/C21H22FN5O3S/c1-3-27-18(12-19(28)23-15-9-7-14(22)8-10-15)25-26-21(27)31-13-20(29)24-16-5-4-6-17(11-16)30-2/h4-11H,3,12-13H2,1-2H3,(H,23,28)(H,24,29). The molecule has 2 amide bonds. The maximum Gasteiger partial charge on any atom is 0.234 e. The Morgan fingerprint density at radius 3 is 2.52 bits per heavy atom. The Balaban J connectivity index is 1.57. The number of carbonyl (C=O) groups excluding carboxylic acids is 2. The predicted molar refractivity (Wildman–Crippen MR) is 117 cm³/mol. The molecular weight excluding hydrogens is 421 g/mol. The van der Waals surface area contributed by atoms with Gasteiger partial charge in [-0.2, -0.15) is 0 Å². The highest BCUT2D eigenvalue weighted by molar-refractivity contribution is 7.99. The number of hydrogen-bond donors (Lipinski definition) is 2. The maximum absolute atomic E-state index is 13.0. The van der Waals surface area contributed by atoms with Crippen molar-refractivity contribution in [2.75, 3.05) is 23.5 Å². The minimum atomic E-state index is -0.374. The Kier molecular flexibility index (Phi) is 7.60. The lowest BCUT2D eigenvalue weighted by atomic mass is 10.3. The Bertz CT molecular complexity index is 1060. The van der Waals surface area contributed by atoms with Gasteiger partial charge in [-0.05, 0) is 43.3 Å². The smallest absolute Gasteiger partial charge is 0.234 e. The second kappa shape index (κ2) is 10.6. The van der Waals surface area contributed by atoms with E-state index in [9.17, 15) is 14.0 Å². The normalized spacial score (nSPS) is 10.5. The van der Waals surface area contributed by atoms with Crippen molar-refractivity contribution in [3.05, 3.63) is 60.2 Å².